The third-order valence-corrected chi connectivity index (χ3v) is 9.79. The highest BCUT2D eigenvalue weighted by molar-refractivity contribution is 9.10. The van der Waals surface area contributed by atoms with Crippen LogP contribution in [0.1, 0.15) is 31.4 Å². The Balaban J connectivity index is 1.83. The molecule has 240 valence electrons. The molecule has 0 aliphatic heterocycles. The number of benzene rings is 4. The highest BCUT2D eigenvalue weighted by Crippen LogP contribution is 2.28. The van der Waals surface area contributed by atoms with E-state index >= 15 is 0 Å². The molecular formula is C34H35BrN4O6S. The Hall–Kier alpha value is -4.55. The molecule has 2 atom stereocenters. The van der Waals surface area contributed by atoms with Crippen molar-refractivity contribution in [1.29, 1.82) is 0 Å². The maximum Gasteiger partial charge on any atom is 0.271 e. The van der Waals surface area contributed by atoms with Crippen molar-refractivity contribution in [3.63, 3.8) is 0 Å². The summed E-state index contributed by atoms with van der Waals surface area (Å²) in [6.45, 7) is 3.10. The highest BCUT2D eigenvalue weighted by atomic mass is 79.9. The molecule has 46 heavy (non-hydrogen) atoms. The van der Waals surface area contributed by atoms with Crippen LogP contribution in [0.5, 0.6) is 0 Å². The molecule has 4 aromatic carbocycles. The van der Waals surface area contributed by atoms with Gasteiger partial charge in [-0.05, 0) is 54.8 Å². The third kappa shape index (κ3) is 8.79. The van der Waals surface area contributed by atoms with Crippen LogP contribution in [-0.4, -0.2) is 48.7 Å². The Labute approximate surface area is 277 Å². The number of nitrogens with zero attached hydrogens (tertiary/aromatic N) is 3. The van der Waals surface area contributed by atoms with Crippen molar-refractivity contribution in [3.8, 4) is 0 Å². The average molecular weight is 708 g/mol. The SMILES string of the molecule is CC[C@H](C)NC(=O)[C@H](Cc1ccccc1)N(Cc1ccc(Br)cc1)C(=O)CN(c1cccc([N+](=O)[O-])c1)S(=O)(=O)c1ccccc1. The molecule has 12 heteroatoms. The number of hydrogen-bond donors (Lipinski definition) is 1. The van der Waals surface area contributed by atoms with Crippen molar-refractivity contribution in [2.24, 2.45) is 0 Å². The number of amides is 2. The zero-order valence-corrected chi connectivity index (χ0v) is 27.9. The molecule has 0 bridgehead atoms. The number of nitrogens with one attached hydrogen (secondary N) is 1. The number of hydrogen-bond acceptors (Lipinski definition) is 6. The molecule has 0 radical (unpaired) electrons. The lowest BCUT2D eigenvalue weighted by molar-refractivity contribution is -0.384. The van der Waals surface area contributed by atoms with E-state index in [1.54, 1.807) is 18.2 Å². The molecule has 0 fully saturated rings. The van der Waals surface area contributed by atoms with Crippen molar-refractivity contribution in [2.75, 3.05) is 10.8 Å². The predicted molar refractivity (Wildman–Crippen MR) is 181 cm³/mol. The van der Waals surface area contributed by atoms with E-state index in [1.807, 2.05) is 68.4 Å². The Bertz CT molecular complexity index is 1760. The van der Waals surface area contributed by atoms with E-state index in [4.69, 9.17) is 0 Å². The van der Waals surface area contributed by atoms with Crippen molar-refractivity contribution in [2.45, 2.75) is 50.2 Å². The van der Waals surface area contributed by atoms with Crippen LogP contribution in [-0.2, 0) is 32.6 Å². The van der Waals surface area contributed by atoms with Gasteiger partial charge in [0.25, 0.3) is 15.7 Å². The molecule has 1 N–H and O–H groups in total. The van der Waals surface area contributed by atoms with E-state index in [0.29, 0.717) is 6.42 Å². The van der Waals surface area contributed by atoms with Crippen LogP contribution < -0.4 is 9.62 Å². The second kappa shape index (κ2) is 15.6. The number of halogens is 1. The van der Waals surface area contributed by atoms with E-state index in [1.165, 1.54) is 35.2 Å². The summed E-state index contributed by atoms with van der Waals surface area (Å²) >= 11 is 3.42. The van der Waals surface area contributed by atoms with Gasteiger partial charge in [0.05, 0.1) is 15.5 Å². The lowest BCUT2D eigenvalue weighted by Crippen LogP contribution is -2.54. The molecule has 0 unspecified atom stereocenters. The van der Waals surface area contributed by atoms with Gasteiger partial charge in [0, 0.05) is 35.6 Å². The first-order chi connectivity index (χ1) is 22.0. The van der Waals surface area contributed by atoms with Gasteiger partial charge in [-0.3, -0.25) is 24.0 Å². The van der Waals surface area contributed by atoms with Gasteiger partial charge in [-0.25, -0.2) is 8.42 Å². The minimum atomic E-state index is -4.37. The molecule has 4 aromatic rings. The van der Waals surface area contributed by atoms with E-state index in [9.17, 15) is 28.1 Å². The van der Waals surface area contributed by atoms with Crippen LogP contribution in [0.15, 0.2) is 119 Å². The maximum absolute atomic E-state index is 14.5. The second-order valence-electron chi connectivity index (χ2n) is 10.8. The summed E-state index contributed by atoms with van der Waals surface area (Å²) < 4.78 is 29.8. The lowest BCUT2D eigenvalue weighted by atomic mass is 10.0. The standard InChI is InChI=1S/C34H35BrN4O6S/c1-3-25(2)36-34(41)32(21-26-11-6-4-7-12-26)37(23-27-17-19-28(35)20-18-27)33(40)24-38(29-13-10-14-30(22-29)39(42)43)46(44,45)31-15-8-5-9-16-31/h4-20,22,25,32H,3,21,23-24H2,1-2H3,(H,36,41)/t25-,32-/m0/s1. The quantitative estimate of drug-likeness (QED) is 0.124. The molecule has 0 aliphatic rings. The summed E-state index contributed by atoms with van der Waals surface area (Å²) in [7, 11) is -4.37. The van der Waals surface area contributed by atoms with Crippen LogP contribution in [0.2, 0.25) is 0 Å². The number of rotatable bonds is 14. The zero-order chi connectivity index (χ0) is 33.3. The Morgan fingerprint density at radius 2 is 1.52 bits per heavy atom. The summed E-state index contributed by atoms with van der Waals surface area (Å²) in [5.41, 5.74) is 1.14. The van der Waals surface area contributed by atoms with Crippen LogP contribution >= 0.6 is 15.9 Å². The summed E-state index contributed by atoms with van der Waals surface area (Å²) in [5.74, 6) is -1.04. The van der Waals surface area contributed by atoms with Crippen molar-refractivity contribution >= 4 is 49.1 Å². The Kier molecular flexibility index (Phi) is 11.7. The fourth-order valence-electron chi connectivity index (χ4n) is 4.79. The molecule has 0 saturated heterocycles. The smallest absolute Gasteiger partial charge is 0.271 e. The molecule has 0 spiro atoms. The van der Waals surface area contributed by atoms with Gasteiger partial charge < -0.3 is 10.2 Å². The molecule has 2 amide bonds. The number of nitro benzene ring substituents is 1. The van der Waals surface area contributed by atoms with Gasteiger partial charge >= 0.3 is 0 Å². The number of sulfonamides is 1. The first kappa shape index (κ1) is 34.3. The van der Waals surface area contributed by atoms with Gasteiger partial charge in [-0.1, -0.05) is 89.6 Å². The van der Waals surface area contributed by atoms with Crippen molar-refractivity contribution in [3.05, 3.63) is 135 Å². The van der Waals surface area contributed by atoms with Crippen molar-refractivity contribution < 1.29 is 22.9 Å². The van der Waals surface area contributed by atoms with Crippen LogP contribution in [0.3, 0.4) is 0 Å². The lowest BCUT2D eigenvalue weighted by Gasteiger charge is -2.34. The van der Waals surface area contributed by atoms with Gasteiger partial charge in [0.1, 0.15) is 12.6 Å². The highest BCUT2D eigenvalue weighted by Gasteiger charge is 2.35. The molecule has 0 heterocycles. The summed E-state index contributed by atoms with van der Waals surface area (Å²) in [4.78, 5) is 40.6. The van der Waals surface area contributed by atoms with Crippen LogP contribution in [0.4, 0.5) is 11.4 Å². The predicted octanol–water partition coefficient (Wildman–Crippen LogP) is 6.11. The summed E-state index contributed by atoms with van der Waals surface area (Å²) in [6, 6.07) is 28.0. The molecule has 10 nitrogen and oxygen atoms in total. The topological polar surface area (TPSA) is 130 Å². The molecule has 0 aliphatic carbocycles. The maximum atomic E-state index is 14.5. The van der Waals surface area contributed by atoms with Gasteiger partial charge in [-0.15, -0.1) is 0 Å². The summed E-state index contributed by atoms with van der Waals surface area (Å²) in [6.07, 6.45) is 0.841. The van der Waals surface area contributed by atoms with E-state index in [2.05, 4.69) is 21.2 Å². The Morgan fingerprint density at radius 3 is 2.13 bits per heavy atom. The van der Waals surface area contributed by atoms with Crippen molar-refractivity contribution in [1.82, 2.24) is 10.2 Å². The first-order valence-corrected chi connectivity index (χ1v) is 16.9. The minimum Gasteiger partial charge on any atom is -0.352 e. The monoisotopic (exact) mass is 706 g/mol. The van der Waals surface area contributed by atoms with Crippen LogP contribution in [0.25, 0.3) is 0 Å². The normalized spacial score (nSPS) is 12.5. The van der Waals surface area contributed by atoms with E-state index in [0.717, 1.165) is 26.0 Å². The first-order valence-electron chi connectivity index (χ1n) is 14.7. The zero-order valence-electron chi connectivity index (χ0n) is 25.5. The number of nitro groups is 1. The fraction of sp³-hybridized carbons (Fsp3) is 0.235. The van der Waals surface area contributed by atoms with Gasteiger partial charge in [0.15, 0.2) is 0 Å². The number of non-ortho nitro benzene ring substituents is 1. The molecule has 0 saturated carbocycles. The van der Waals surface area contributed by atoms with Gasteiger partial charge in [-0.2, -0.15) is 0 Å². The Morgan fingerprint density at radius 1 is 0.891 bits per heavy atom. The average Bonchev–Trinajstić information content (AvgIpc) is 3.06. The minimum absolute atomic E-state index is 0.00566. The molecular weight excluding hydrogens is 672 g/mol. The summed E-state index contributed by atoms with van der Waals surface area (Å²) in [5, 5.41) is 14.6. The number of carbonyl (C=O) groups is 2. The van der Waals surface area contributed by atoms with E-state index in [-0.39, 0.29) is 41.2 Å². The van der Waals surface area contributed by atoms with Gasteiger partial charge in [0.2, 0.25) is 11.8 Å². The molecule has 0 aromatic heterocycles. The fourth-order valence-corrected chi connectivity index (χ4v) is 6.48. The number of carbonyl (C=O) groups excluding carboxylic acids is 2. The second-order valence-corrected chi connectivity index (χ2v) is 13.6. The van der Waals surface area contributed by atoms with Crippen LogP contribution in [0, 0.1) is 10.1 Å². The largest absolute Gasteiger partial charge is 0.352 e. The molecule has 4 rings (SSSR count). The number of anilines is 1. The van der Waals surface area contributed by atoms with E-state index < -0.39 is 33.4 Å². The third-order valence-electron chi connectivity index (χ3n) is 7.48.